The Balaban J connectivity index is 0. The number of methoxy groups -OCH3 is 1. The summed E-state index contributed by atoms with van der Waals surface area (Å²) in [6.07, 6.45) is -31.0. The van der Waals surface area contributed by atoms with Crippen LogP contribution in [0.3, 0.4) is 0 Å². The average Bonchev–Trinajstić information content (AvgIpc) is 2.57. The molecule has 5 nitrogen and oxygen atoms in total. The Morgan fingerprint density at radius 2 is 1.28 bits per heavy atom. The molecule has 32 heavy (non-hydrogen) atoms. The standard InChI is InChI=1S/C13H10F13O5.Y/c1-5(2)6(27)29-4-8(15,16)7(14)30-10(19,20)9(17,18)11(21,22)31-13(25,26)12(23,24)28-3;/h1,4H2,2-3H3;/q-1;. The first-order valence-electron chi connectivity index (χ1n) is 7.04. The maximum absolute atomic E-state index is 13.3. The zero-order chi connectivity index (χ0) is 25.3. The molecule has 19 heteroatoms. The van der Waals surface area contributed by atoms with Gasteiger partial charge < -0.3 is 18.6 Å². The van der Waals surface area contributed by atoms with E-state index < -0.39 is 60.8 Å². The summed E-state index contributed by atoms with van der Waals surface area (Å²) < 4.78 is 180. The first-order valence-corrected chi connectivity index (χ1v) is 7.04. The van der Waals surface area contributed by atoms with Crippen molar-refractivity contribution in [2.24, 2.45) is 0 Å². The SMILES string of the molecule is C=C(C)C(=O)OCC(F)(F)[C-](F)OC(F)(F)C(F)(F)C(F)(F)OC(F)(F)C(F)(F)OC.[Y]. The van der Waals surface area contributed by atoms with Crippen LogP contribution < -0.4 is 0 Å². The fourth-order valence-electron chi connectivity index (χ4n) is 1.16. The zero-order valence-corrected chi connectivity index (χ0v) is 18.3. The summed E-state index contributed by atoms with van der Waals surface area (Å²) in [6.45, 7) is 1.29. The molecule has 0 aliphatic heterocycles. The maximum atomic E-state index is 13.3. The Morgan fingerprint density at radius 3 is 1.66 bits per heavy atom. The van der Waals surface area contributed by atoms with Gasteiger partial charge in [0.25, 0.3) is 0 Å². The molecular weight excluding hydrogens is 572 g/mol. The van der Waals surface area contributed by atoms with Gasteiger partial charge in [-0.1, -0.05) is 6.58 Å². The fraction of sp³-hybridized carbons (Fsp3) is 0.692. The molecule has 0 saturated carbocycles. The number of esters is 1. The Labute approximate surface area is 195 Å². The first-order chi connectivity index (χ1) is 13.5. The van der Waals surface area contributed by atoms with E-state index in [-0.39, 0.29) is 39.8 Å². The van der Waals surface area contributed by atoms with E-state index in [0.717, 1.165) is 6.92 Å². The quantitative estimate of drug-likeness (QED) is 0.142. The summed E-state index contributed by atoms with van der Waals surface area (Å²) in [5.74, 6) is -14.5. The van der Waals surface area contributed by atoms with Gasteiger partial charge in [-0.15, -0.1) is 0 Å². The van der Waals surface area contributed by atoms with Gasteiger partial charge in [-0.25, -0.2) is 18.3 Å². The Kier molecular flexibility index (Phi) is 11.2. The minimum Gasteiger partial charge on any atom is -0.459 e. The van der Waals surface area contributed by atoms with Crippen molar-refractivity contribution in [2.75, 3.05) is 13.7 Å². The second-order valence-electron chi connectivity index (χ2n) is 5.38. The number of alkyl halides is 12. The van der Waals surface area contributed by atoms with Crippen LogP contribution in [0.1, 0.15) is 6.92 Å². The summed E-state index contributed by atoms with van der Waals surface area (Å²) >= 11 is 0. The van der Waals surface area contributed by atoms with E-state index in [0.29, 0.717) is 0 Å². The van der Waals surface area contributed by atoms with E-state index in [1.54, 1.807) is 4.74 Å². The predicted octanol–water partition coefficient (Wildman–Crippen LogP) is 4.88. The topological polar surface area (TPSA) is 54.0 Å². The number of carbonyl (C=O) groups is 1. The number of ether oxygens (including phenoxy) is 4. The molecule has 0 spiro atoms. The van der Waals surface area contributed by atoms with Crippen molar-refractivity contribution in [3.63, 3.8) is 0 Å². The third-order valence-electron chi connectivity index (χ3n) is 2.82. The largest absolute Gasteiger partial charge is 0.459 e. The van der Waals surface area contributed by atoms with Crippen LogP contribution in [-0.4, -0.2) is 56.0 Å². The van der Waals surface area contributed by atoms with Gasteiger partial charge in [0, 0.05) is 51.7 Å². The second kappa shape index (κ2) is 10.7. The van der Waals surface area contributed by atoms with E-state index in [1.165, 1.54) is 0 Å². The van der Waals surface area contributed by atoms with Crippen LogP contribution in [-0.2, 0) is 56.5 Å². The normalized spacial score (nSPS) is 14.2. The Hall–Kier alpha value is -0.716. The molecule has 0 rings (SSSR count). The van der Waals surface area contributed by atoms with Crippen molar-refractivity contribution >= 4 is 5.97 Å². The molecule has 0 N–H and O–H groups in total. The van der Waals surface area contributed by atoms with Gasteiger partial charge in [-0.05, 0) is 6.92 Å². The van der Waals surface area contributed by atoms with Crippen LogP contribution >= 0.6 is 0 Å². The van der Waals surface area contributed by atoms with Gasteiger partial charge in [-0.3, -0.25) is 0 Å². The van der Waals surface area contributed by atoms with Crippen molar-refractivity contribution in [1.82, 2.24) is 0 Å². The van der Waals surface area contributed by atoms with E-state index in [4.69, 9.17) is 0 Å². The molecule has 187 valence electrons. The van der Waals surface area contributed by atoms with E-state index in [9.17, 15) is 61.9 Å². The van der Waals surface area contributed by atoms with Crippen molar-refractivity contribution in [1.29, 1.82) is 0 Å². The molecular formula is C13H10F13O5Y-. The zero-order valence-electron chi connectivity index (χ0n) is 15.4. The molecule has 1 radical (unpaired) electrons. The third-order valence-corrected chi connectivity index (χ3v) is 2.82. The molecule has 0 aromatic heterocycles. The average molecular weight is 582 g/mol. The molecule has 0 saturated heterocycles. The van der Waals surface area contributed by atoms with E-state index in [2.05, 4.69) is 20.8 Å². The molecule has 0 atom stereocenters. The summed E-state index contributed by atoms with van der Waals surface area (Å²) in [4.78, 5) is 10.9. The molecule has 0 amide bonds. The van der Waals surface area contributed by atoms with Gasteiger partial charge in [0.2, 0.25) is 5.92 Å². The predicted molar refractivity (Wildman–Crippen MR) is 69.0 cm³/mol. The van der Waals surface area contributed by atoms with Crippen LogP contribution in [0.5, 0.6) is 0 Å². The van der Waals surface area contributed by atoms with Crippen molar-refractivity contribution in [3.05, 3.63) is 18.5 Å². The number of hydrogen-bond donors (Lipinski definition) is 0. The molecule has 0 aliphatic rings. The van der Waals surface area contributed by atoms with E-state index in [1.807, 2.05) is 0 Å². The van der Waals surface area contributed by atoms with Crippen molar-refractivity contribution in [3.8, 4) is 0 Å². The smallest absolute Gasteiger partial charge is 0.453 e. The number of carbonyl (C=O) groups excluding carboxylic acids is 1. The summed E-state index contributed by atoms with van der Waals surface area (Å²) in [5, 5.41) is 0. The molecule has 0 aromatic rings. The van der Waals surface area contributed by atoms with Crippen molar-refractivity contribution < 1.29 is 114 Å². The van der Waals surface area contributed by atoms with E-state index >= 15 is 0 Å². The fourth-order valence-corrected chi connectivity index (χ4v) is 1.16. The molecule has 0 heterocycles. The van der Waals surface area contributed by atoms with Gasteiger partial charge >= 0.3 is 36.3 Å². The van der Waals surface area contributed by atoms with Crippen LogP contribution in [0, 0.1) is 6.36 Å². The van der Waals surface area contributed by atoms with Crippen LogP contribution in [0.4, 0.5) is 57.1 Å². The van der Waals surface area contributed by atoms with Gasteiger partial charge in [-0.2, -0.15) is 43.9 Å². The number of halogens is 13. The molecule has 0 bridgehead atoms. The van der Waals surface area contributed by atoms with Crippen LogP contribution in [0.2, 0.25) is 0 Å². The van der Waals surface area contributed by atoms with Crippen LogP contribution in [0.25, 0.3) is 0 Å². The van der Waals surface area contributed by atoms with Gasteiger partial charge in [0.15, 0.2) is 0 Å². The monoisotopic (exact) mass is 582 g/mol. The maximum Gasteiger partial charge on any atom is 0.453 e. The van der Waals surface area contributed by atoms with Gasteiger partial charge in [0.1, 0.15) is 6.61 Å². The number of rotatable bonds is 12. The molecule has 0 unspecified atom stereocenters. The second-order valence-corrected chi connectivity index (χ2v) is 5.38. The molecule has 0 aromatic carbocycles. The van der Waals surface area contributed by atoms with Crippen molar-refractivity contribution in [2.45, 2.75) is 43.2 Å². The Morgan fingerprint density at radius 1 is 0.844 bits per heavy atom. The summed E-state index contributed by atoms with van der Waals surface area (Å²) in [7, 11) is -0.238. The minimum atomic E-state index is -7.45. The third kappa shape index (κ3) is 7.40. The number of hydrogen-bond acceptors (Lipinski definition) is 5. The first kappa shape index (κ1) is 33.5. The van der Waals surface area contributed by atoms with Gasteiger partial charge in [0.05, 0.1) is 0 Å². The molecule has 0 fully saturated rings. The summed E-state index contributed by atoms with van der Waals surface area (Å²) in [5.41, 5.74) is -0.570. The molecule has 0 aliphatic carbocycles. The minimum absolute atomic E-state index is 0. The summed E-state index contributed by atoms with van der Waals surface area (Å²) in [6, 6.07) is 0. The Bertz CT molecular complexity index is 671. The van der Waals surface area contributed by atoms with Crippen LogP contribution in [0.15, 0.2) is 12.2 Å².